The minimum atomic E-state index is -4.58. The summed E-state index contributed by atoms with van der Waals surface area (Å²) < 4.78 is 40.5. The molecule has 1 aliphatic carbocycles. The average molecular weight is 475 g/mol. The lowest BCUT2D eigenvalue weighted by Gasteiger charge is -2.38. The number of benzene rings is 1. The van der Waals surface area contributed by atoms with Crippen molar-refractivity contribution in [2.45, 2.75) is 51.3 Å². The highest BCUT2D eigenvalue weighted by molar-refractivity contribution is 5.74. The third-order valence-corrected chi connectivity index (χ3v) is 6.32. The Morgan fingerprint density at radius 2 is 1.85 bits per heavy atom. The van der Waals surface area contributed by atoms with Gasteiger partial charge in [0, 0.05) is 23.8 Å². The normalized spacial score (nSPS) is 23.0. The fourth-order valence-corrected chi connectivity index (χ4v) is 4.08. The summed E-state index contributed by atoms with van der Waals surface area (Å²) in [4.78, 5) is 23.3. The fourth-order valence-electron chi connectivity index (χ4n) is 4.08. The van der Waals surface area contributed by atoms with Crippen LogP contribution in [0.4, 0.5) is 24.8 Å². The number of aromatic nitrogens is 4. The van der Waals surface area contributed by atoms with Gasteiger partial charge in [0.15, 0.2) is 0 Å². The molecule has 0 radical (unpaired) electrons. The number of imidazole rings is 1. The largest absolute Gasteiger partial charge is 0.481 e. The molecule has 0 atom stereocenters. The lowest BCUT2D eigenvalue weighted by Crippen LogP contribution is -2.40. The average Bonchev–Trinajstić information content (AvgIpc) is 3.26. The zero-order chi connectivity index (χ0) is 24.7. The van der Waals surface area contributed by atoms with Gasteiger partial charge >= 0.3 is 12.1 Å². The highest BCUT2D eigenvalue weighted by Crippen LogP contribution is 2.45. The van der Waals surface area contributed by atoms with Crippen molar-refractivity contribution in [2.24, 2.45) is 5.41 Å². The van der Waals surface area contributed by atoms with Crippen LogP contribution in [0.3, 0.4) is 0 Å². The molecule has 1 aliphatic rings. The molecule has 3 aromatic rings. The Labute approximate surface area is 193 Å². The topological polar surface area (TPSA) is 113 Å². The number of nitrogens with zero attached hydrogens (tertiary/aromatic N) is 4. The Hall–Kier alpha value is -3.47. The van der Waals surface area contributed by atoms with Crippen molar-refractivity contribution >= 4 is 17.6 Å². The first-order valence-corrected chi connectivity index (χ1v) is 10.7. The van der Waals surface area contributed by atoms with Crippen molar-refractivity contribution in [2.75, 3.05) is 5.32 Å². The number of nitrogens with one attached hydrogen (secondary N) is 1. The molecule has 0 saturated heterocycles. The van der Waals surface area contributed by atoms with Crippen LogP contribution in [-0.4, -0.2) is 35.7 Å². The Bertz CT molecular complexity index is 1220. The molecule has 2 aromatic heterocycles. The zero-order valence-corrected chi connectivity index (χ0v) is 18.6. The van der Waals surface area contributed by atoms with E-state index in [1.54, 1.807) is 29.8 Å². The van der Waals surface area contributed by atoms with Crippen LogP contribution < -0.4 is 5.32 Å². The number of halogens is 3. The van der Waals surface area contributed by atoms with Crippen molar-refractivity contribution in [3.05, 3.63) is 59.9 Å². The monoisotopic (exact) mass is 475 g/mol. The van der Waals surface area contributed by atoms with Gasteiger partial charge in [0.05, 0.1) is 17.4 Å². The number of hydrogen-bond donors (Lipinski definition) is 3. The molecular weight excluding hydrogens is 451 g/mol. The van der Waals surface area contributed by atoms with Gasteiger partial charge in [0.25, 0.3) is 0 Å². The molecule has 1 saturated carbocycles. The van der Waals surface area contributed by atoms with Crippen molar-refractivity contribution in [1.82, 2.24) is 19.5 Å². The fraction of sp³-hybridized carbons (Fsp3) is 0.391. The first-order valence-electron chi connectivity index (χ1n) is 10.7. The Morgan fingerprint density at radius 3 is 2.50 bits per heavy atom. The first-order chi connectivity index (χ1) is 15.9. The van der Waals surface area contributed by atoms with Crippen LogP contribution in [0, 0.1) is 12.3 Å². The van der Waals surface area contributed by atoms with Crippen LogP contribution in [0.25, 0.3) is 5.69 Å². The molecule has 0 spiro atoms. The molecular formula is C23H24F3N5O3. The van der Waals surface area contributed by atoms with Gasteiger partial charge in [0.1, 0.15) is 11.3 Å². The van der Waals surface area contributed by atoms with Gasteiger partial charge in [-0.1, -0.05) is 0 Å². The van der Waals surface area contributed by atoms with Crippen LogP contribution in [-0.2, 0) is 16.6 Å². The Balaban J connectivity index is 1.56. The molecule has 2 heterocycles. The molecule has 4 rings (SSSR count). The van der Waals surface area contributed by atoms with E-state index >= 15 is 0 Å². The number of aliphatic carboxylic acids is 1. The summed E-state index contributed by atoms with van der Waals surface area (Å²) in [5.74, 6) is -1.06. The third kappa shape index (κ3) is 4.74. The number of anilines is 2. The molecule has 0 unspecified atom stereocenters. The van der Waals surface area contributed by atoms with E-state index < -0.39 is 28.9 Å². The smallest absolute Gasteiger partial charge is 0.433 e. The highest BCUT2D eigenvalue weighted by Gasteiger charge is 2.45. The Morgan fingerprint density at radius 1 is 1.15 bits per heavy atom. The minimum absolute atomic E-state index is 0.185. The predicted molar refractivity (Wildman–Crippen MR) is 117 cm³/mol. The summed E-state index contributed by atoms with van der Waals surface area (Å²) in [6.45, 7) is 3.52. The number of alkyl halides is 3. The number of hydrogen-bond acceptors (Lipinski definition) is 6. The number of carboxylic acids is 1. The predicted octanol–water partition coefficient (Wildman–Crippen LogP) is 4.59. The number of carboxylic acid groups (broad SMARTS) is 1. The standard InChI is InChI=1S/C23H24F3N5O3/c1-14-9-15(29-20-27-8-3-17(30-20)23(24,25)26)11-16(10-14)31-12-18(28-13-31)22(34)6-4-21(2,5-7-22)19(32)33/h3,8-13,34H,4-7H2,1-2H3,(H,32,33)(H,27,29,30). The quantitative estimate of drug-likeness (QED) is 0.495. The van der Waals surface area contributed by atoms with Crippen molar-refractivity contribution in [3.63, 3.8) is 0 Å². The molecule has 0 bridgehead atoms. The summed E-state index contributed by atoms with van der Waals surface area (Å²) in [5.41, 5.74) is -0.708. The minimum Gasteiger partial charge on any atom is -0.481 e. The molecule has 3 N–H and O–H groups in total. The summed E-state index contributed by atoms with van der Waals surface area (Å²) >= 11 is 0. The van der Waals surface area contributed by atoms with Crippen LogP contribution in [0.5, 0.6) is 0 Å². The molecule has 11 heteroatoms. The van der Waals surface area contributed by atoms with Crippen LogP contribution >= 0.6 is 0 Å². The second-order valence-corrected chi connectivity index (χ2v) is 9.01. The maximum Gasteiger partial charge on any atom is 0.433 e. The van der Waals surface area contributed by atoms with Crippen LogP contribution in [0.2, 0.25) is 0 Å². The van der Waals surface area contributed by atoms with E-state index in [0.29, 0.717) is 29.9 Å². The van der Waals surface area contributed by atoms with Crippen LogP contribution in [0.15, 0.2) is 43.0 Å². The number of aryl methyl sites for hydroxylation is 1. The van der Waals surface area contributed by atoms with Crippen molar-refractivity contribution in [1.29, 1.82) is 0 Å². The summed E-state index contributed by atoms with van der Waals surface area (Å²) in [6.07, 6.45) is 0.909. The van der Waals surface area contributed by atoms with E-state index in [2.05, 4.69) is 20.3 Å². The maximum absolute atomic E-state index is 12.9. The molecule has 1 aromatic carbocycles. The Kier molecular flexibility index (Phi) is 5.84. The van der Waals surface area contributed by atoms with Crippen LogP contribution in [0.1, 0.15) is 49.6 Å². The third-order valence-electron chi connectivity index (χ3n) is 6.32. The SMILES string of the molecule is Cc1cc(Nc2nccc(C(F)(F)F)n2)cc(-n2cnc(C3(O)CCC(C)(C(=O)O)CC3)c2)c1. The number of rotatable bonds is 5. The lowest BCUT2D eigenvalue weighted by atomic mass is 9.69. The maximum atomic E-state index is 12.9. The molecule has 0 aliphatic heterocycles. The van der Waals surface area contributed by atoms with E-state index in [1.807, 2.05) is 13.0 Å². The highest BCUT2D eigenvalue weighted by atomic mass is 19.4. The second kappa shape index (κ2) is 8.39. The van der Waals surface area contributed by atoms with Gasteiger partial charge in [-0.3, -0.25) is 4.79 Å². The molecule has 1 fully saturated rings. The van der Waals surface area contributed by atoms with Gasteiger partial charge in [-0.05, 0) is 69.4 Å². The molecule has 180 valence electrons. The van der Waals surface area contributed by atoms with E-state index in [9.17, 15) is 28.2 Å². The van der Waals surface area contributed by atoms with E-state index in [1.165, 1.54) is 6.33 Å². The number of aliphatic hydroxyl groups is 1. The molecule has 8 nitrogen and oxygen atoms in total. The van der Waals surface area contributed by atoms with Crippen molar-refractivity contribution < 1.29 is 28.2 Å². The summed E-state index contributed by atoms with van der Waals surface area (Å²) in [5, 5.41) is 23.4. The van der Waals surface area contributed by atoms with Gasteiger partial charge in [0.2, 0.25) is 5.95 Å². The lowest BCUT2D eigenvalue weighted by molar-refractivity contribution is -0.153. The van der Waals surface area contributed by atoms with Gasteiger partial charge in [-0.25, -0.2) is 15.0 Å². The summed E-state index contributed by atoms with van der Waals surface area (Å²) in [7, 11) is 0. The van der Waals surface area contributed by atoms with E-state index in [4.69, 9.17) is 0 Å². The van der Waals surface area contributed by atoms with Gasteiger partial charge in [-0.15, -0.1) is 0 Å². The van der Waals surface area contributed by atoms with E-state index in [0.717, 1.165) is 17.8 Å². The summed E-state index contributed by atoms with van der Waals surface area (Å²) in [6, 6.07) is 6.10. The first kappa shape index (κ1) is 23.7. The van der Waals surface area contributed by atoms with Crippen molar-refractivity contribution in [3.8, 4) is 5.69 Å². The molecule has 0 amide bonds. The van der Waals surface area contributed by atoms with Gasteiger partial charge < -0.3 is 20.1 Å². The zero-order valence-electron chi connectivity index (χ0n) is 18.6. The van der Waals surface area contributed by atoms with Gasteiger partial charge in [-0.2, -0.15) is 13.2 Å². The van der Waals surface area contributed by atoms with E-state index in [-0.39, 0.29) is 18.8 Å². The number of carbonyl (C=O) groups is 1. The second-order valence-electron chi connectivity index (χ2n) is 9.01. The molecule has 34 heavy (non-hydrogen) atoms.